The zero-order chi connectivity index (χ0) is 56.3. The van der Waals surface area contributed by atoms with Crippen molar-refractivity contribution in [3.63, 3.8) is 0 Å². The molecule has 9 rings (SSSR count). The van der Waals surface area contributed by atoms with Gasteiger partial charge in [-0.2, -0.15) is 0 Å². The van der Waals surface area contributed by atoms with E-state index >= 15 is 0 Å². The Kier molecular flexibility index (Phi) is 5.89. The van der Waals surface area contributed by atoms with Crippen LogP contribution in [0.5, 0.6) is 0 Å². The quantitative estimate of drug-likeness (QED) is 0.160. The average molecular weight is 826 g/mol. The highest BCUT2D eigenvalue weighted by atomic mass is 32.1. The minimum atomic E-state index is -1.23. The normalized spacial score (nSPS) is 20.5. The molecular weight excluding hydrogens is 744 g/mol. The molecule has 3 heterocycles. The maximum atomic E-state index is 10.7. The summed E-state index contributed by atoms with van der Waals surface area (Å²) in [5.74, 6) is 0. The Morgan fingerprint density at radius 1 is 0.517 bits per heavy atom. The number of nitrogens with zero attached hydrogens (tertiary/aromatic N) is 2. The number of rotatable bonds is 2. The molecule has 0 N–H and O–H groups in total. The molecule has 0 atom stereocenters. The molecule has 310 valence electrons. The summed E-state index contributed by atoms with van der Waals surface area (Å²) in [6.45, 7) is 28.8. The molecule has 0 unspecified atom stereocenters. The molecule has 3 aliphatic rings. The fourth-order valence-electron chi connectivity index (χ4n) is 8.67. The third-order valence-electron chi connectivity index (χ3n) is 12.6. The third kappa shape index (κ3) is 6.49. The summed E-state index contributed by atoms with van der Waals surface area (Å²) in [7, 11) is 0. The first-order valence-electron chi connectivity index (χ1n) is 28.8. The van der Waals surface area contributed by atoms with E-state index in [9.17, 15) is 20.6 Å². The van der Waals surface area contributed by atoms with Crippen LogP contribution in [-0.4, -0.2) is 6.71 Å². The molecule has 4 heteroatoms. The van der Waals surface area contributed by atoms with E-state index in [1.807, 2.05) is 90.0 Å². The van der Waals surface area contributed by atoms with E-state index in [-0.39, 0.29) is 150 Å². The zero-order valence-corrected chi connectivity index (χ0v) is 39.1. The van der Waals surface area contributed by atoms with Crippen molar-refractivity contribution in [1.82, 2.24) is 0 Å². The summed E-state index contributed by atoms with van der Waals surface area (Å²) in [6.07, 6.45) is 1.35. The maximum absolute atomic E-state index is 10.7. The van der Waals surface area contributed by atoms with Gasteiger partial charge in [-0.05, 0) is 144 Å². The Labute approximate surface area is 387 Å². The van der Waals surface area contributed by atoms with Gasteiger partial charge in [0.1, 0.15) is 0 Å². The molecule has 2 aliphatic heterocycles. The van der Waals surface area contributed by atoms with Crippen LogP contribution in [0, 0.1) is 0 Å². The van der Waals surface area contributed by atoms with E-state index in [4.69, 9.17) is 0 Å². The summed E-state index contributed by atoms with van der Waals surface area (Å²) < 4.78 is 151. The second-order valence-corrected chi connectivity index (χ2v) is 23.6. The molecule has 60 heavy (non-hydrogen) atoms. The number of thiophene rings is 1. The number of fused-ring (bicyclic) bond motifs is 7. The van der Waals surface area contributed by atoms with E-state index in [2.05, 4.69) is 0 Å². The first-order chi connectivity index (χ1) is 34.1. The first kappa shape index (κ1) is 26.9. The van der Waals surface area contributed by atoms with Crippen LogP contribution in [0.3, 0.4) is 0 Å². The summed E-state index contributed by atoms with van der Waals surface area (Å²) in [6, 6.07) is -3.99. The molecular formula is C56H67BN2S. The molecule has 1 aromatic heterocycles. The number of anilines is 6. The standard InChI is InChI=1S/C56H67BN2S/c1-51(2,3)34-17-21-38(22-18-34)58-44-25-19-36(53(7,8)9)30-43(44)57-48-45(58)31-37(54(10,11)12)32-46(48)59(39-23-24-41-42(33-39)56(15,16)28-27-55(41,13)14)49-40-29-35(52(4,5)6)20-26-47(40)60-50(49)57/h17-26,29-33H,27-28H2,1-16H3/i17D,18D,19D,20D,21D,22D,23D,24D,25D,26D,29D,30D,31D,32D,33D. The summed E-state index contributed by atoms with van der Waals surface area (Å²) in [5.41, 5.74) is -3.16. The molecule has 0 spiro atoms. The Hall–Kier alpha value is -4.28. The first-order valence-corrected chi connectivity index (χ1v) is 22.1. The SMILES string of the molecule is [2H]c1c([2H])c(C(C)(C)C)c([2H])c([2H])c1N1c2c([2H])c([2H])c(C(C)(C)C)c([2H])c2B2c3sc4c([2H])c([2H])c(C(C)(C)C)c([2H])c4c3N(c3c([2H])c([2H])c4c(c3[2H])C(C)(C)CCC4(C)C)c3c([2H])c(C(C)(C)C)c([2H])c1c32. The molecule has 1 aliphatic carbocycles. The van der Waals surface area contributed by atoms with Crippen LogP contribution < -0.4 is 25.5 Å². The fraction of sp³-hybridized carbons (Fsp3) is 0.429. The van der Waals surface area contributed by atoms with Gasteiger partial charge in [0.25, 0.3) is 6.71 Å². The van der Waals surface area contributed by atoms with E-state index in [1.54, 1.807) is 25.7 Å². The number of hydrogen-bond acceptors (Lipinski definition) is 3. The molecule has 0 fully saturated rings. The molecule has 0 saturated heterocycles. The highest BCUT2D eigenvalue weighted by molar-refractivity contribution is 7.33. The van der Waals surface area contributed by atoms with Crippen molar-refractivity contribution in [2.45, 2.75) is 156 Å². The van der Waals surface area contributed by atoms with E-state index in [0.717, 1.165) is 11.3 Å². The number of hydrogen-bond donors (Lipinski definition) is 0. The molecule has 0 bridgehead atoms. The Morgan fingerprint density at radius 3 is 1.63 bits per heavy atom. The van der Waals surface area contributed by atoms with E-state index < -0.39 is 57.3 Å². The summed E-state index contributed by atoms with van der Waals surface area (Å²) in [4.78, 5) is 2.93. The van der Waals surface area contributed by atoms with Gasteiger partial charge in [0.15, 0.2) is 0 Å². The minimum Gasteiger partial charge on any atom is -0.311 e. The smallest absolute Gasteiger partial charge is 0.264 e. The van der Waals surface area contributed by atoms with Crippen LogP contribution in [0.25, 0.3) is 10.1 Å². The molecule has 0 saturated carbocycles. The Morgan fingerprint density at radius 2 is 1.03 bits per heavy atom. The van der Waals surface area contributed by atoms with Crippen LogP contribution in [0.4, 0.5) is 34.1 Å². The molecule has 5 aromatic carbocycles. The predicted molar refractivity (Wildman–Crippen MR) is 266 cm³/mol. The summed E-state index contributed by atoms with van der Waals surface area (Å²) >= 11 is 1.08. The monoisotopic (exact) mass is 826 g/mol. The van der Waals surface area contributed by atoms with Crippen LogP contribution in [0.15, 0.2) is 90.6 Å². The fourth-order valence-corrected chi connectivity index (χ4v) is 9.89. The Balaban J connectivity index is 1.66. The van der Waals surface area contributed by atoms with Crippen molar-refractivity contribution in [2.75, 3.05) is 9.80 Å². The Bertz CT molecular complexity index is 3540. The second-order valence-electron chi connectivity index (χ2n) is 22.6. The van der Waals surface area contributed by atoms with Crippen LogP contribution in [0.2, 0.25) is 0 Å². The van der Waals surface area contributed by atoms with Crippen molar-refractivity contribution in [3.8, 4) is 0 Å². The van der Waals surface area contributed by atoms with E-state index in [1.165, 1.54) is 4.90 Å². The van der Waals surface area contributed by atoms with Crippen LogP contribution in [0.1, 0.15) is 178 Å². The topological polar surface area (TPSA) is 6.48 Å². The lowest BCUT2D eigenvalue weighted by Crippen LogP contribution is -2.60. The van der Waals surface area contributed by atoms with Gasteiger partial charge in [0, 0.05) is 43.3 Å². The maximum Gasteiger partial charge on any atom is 0.264 e. The molecule has 0 radical (unpaired) electrons. The van der Waals surface area contributed by atoms with Gasteiger partial charge in [0.2, 0.25) is 0 Å². The highest BCUT2D eigenvalue weighted by Gasteiger charge is 2.47. The molecule has 2 nitrogen and oxygen atoms in total. The number of benzene rings is 5. The van der Waals surface area contributed by atoms with Crippen molar-refractivity contribution < 1.29 is 20.6 Å². The highest BCUT2D eigenvalue weighted by Crippen LogP contribution is 2.52. The van der Waals surface area contributed by atoms with E-state index in [0.29, 0.717) is 28.7 Å². The minimum absolute atomic E-state index is 0.0333. The zero-order valence-electron chi connectivity index (χ0n) is 53.3. The second kappa shape index (κ2) is 13.1. The summed E-state index contributed by atoms with van der Waals surface area (Å²) in [5, 5.41) is 0.203. The van der Waals surface area contributed by atoms with Gasteiger partial charge >= 0.3 is 0 Å². The lowest BCUT2D eigenvalue weighted by molar-refractivity contribution is 0.332. The van der Waals surface area contributed by atoms with Crippen molar-refractivity contribution in [1.29, 1.82) is 0 Å². The predicted octanol–water partition coefficient (Wildman–Crippen LogP) is 14.5. The van der Waals surface area contributed by atoms with Gasteiger partial charge in [0.05, 0.1) is 26.2 Å². The van der Waals surface area contributed by atoms with Crippen LogP contribution in [-0.2, 0) is 32.5 Å². The molecule has 0 amide bonds. The van der Waals surface area contributed by atoms with Gasteiger partial charge in [-0.15, -0.1) is 11.3 Å². The van der Waals surface area contributed by atoms with Gasteiger partial charge in [-0.25, -0.2) is 0 Å². The molecule has 6 aromatic rings. The van der Waals surface area contributed by atoms with Crippen molar-refractivity contribution >= 4 is 78.0 Å². The van der Waals surface area contributed by atoms with Gasteiger partial charge in [-0.3, -0.25) is 0 Å². The van der Waals surface area contributed by atoms with Gasteiger partial charge < -0.3 is 9.80 Å². The third-order valence-corrected chi connectivity index (χ3v) is 13.8. The van der Waals surface area contributed by atoms with Crippen molar-refractivity contribution in [3.05, 3.63) is 124 Å². The average Bonchev–Trinajstić information content (AvgIpc) is 3.65. The lowest BCUT2D eigenvalue weighted by atomic mass is 9.36. The van der Waals surface area contributed by atoms with Crippen molar-refractivity contribution in [2.24, 2.45) is 0 Å². The largest absolute Gasteiger partial charge is 0.311 e. The lowest BCUT2D eigenvalue weighted by Gasteiger charge is -2.45. The van der Waals surface area contributed by atoms with Gasteiger partial charge in [-0.1, -0.05) is 147 Å². The van der Waals surface area contributed by atoms with Crippen LogP contribution >= 0.6 is 11.3 Å².